The molecule has 0 unspecified atom stereocenters. The lowest BCUT2D eigenvalue weighted by molar-refractivity contribution is -1.02. The second-order valence-electron chi connectivity index (χ2n) is 9.25. The summed E-state index contributed by atoms with van der Waals surface area (Å²) in [6.45, 7) is 8.79. The van der Waals surface area contributed by atoms with Crippen molar-refractivity contribution in [3.8, 4) is 6.07 Å². The number of hydrogen-bond donors (Lipinski definition) is 2. The summed E-state index contributed by atoms with van der Waals surface area (Å²) in [5.41, 5.74) is 3.21. The maximum atomic E-state index is 13.3. The molecule has 1 atom stereocenters. The molecule has 4 rings (SSSR count). The Hall–Kier alpha value is -2.68. The molecule has 0 radical (unpaired) electrons. The van der Waals surface area contributed by atoms with Gasteiger partial charge in [0.25, 0.3) is 5.91 Å². The van der Waals surface area contributed by atoms with Crippen LogP contribution in [0.3, 0.4) is 0 Å². The first-order valence-corrected chi connectivity index (χ1v) is 11.6. The average molecular weight is 419 g/mol. The van der Waals surface area contributed by atoms with Gasteiger partial charge in [0.2, 0.25) is 0 Å². The maximum absolute atomic E-state index is 13.3. The molecule has 1 amide bonds. The molecule has 1 aliphatic heterocycles. The number of carbonyl (C=O) groups is 1. The zero-order valence-corrected chi connectivity index (χ0v) is 18.5. The minimum absolute atomic E-state index is 0.300. The molecule has 1 heterocycles. The highest BCUT2D eigenvalue weighted by Gasteiger charge is 2.36. The van der Waals surface area contributed by atoms with Crippen molar-refractivity contribution in [1.82, 2.24) is 4.90 Å². The lowest BCUT2D eigenvalue weighted by atomic mass is 10.1. The van der Waals surface area contributed by atoms with Crippen LogP contribution in [-0.2, 0) is 17.9 Å². The van der Waals surface area contributed by atoms with Gasteiger partial charge in [-0.15, -0.1) is 0 Å². The Bertz CT molecular complexity index is 893. The molecule has 1 saturated heterocycles. The number of nitriles is 1. The summed E-state index contributed by atoms with van der Waals surface area (Å²) < 4.78 is 0. The topological polar surface area (TPSA) is 53.0 Å². The zero-order chi connectivity index (χ0) is 21.6. The summed E-state index contributed by atoms with van der Waals surface area (Å²) in [4.78, 5) is 18.4. The summed E-state index contributed by atoms with van der Waals surface area (Å²) in [6.07, 6.45) is 2.51. The van der Waals surface area contributed by atoms with Gasteiger partial charge in [0.15, 0.2) is 6.54 Å². The van der Waals surface area contributed by atoms with E-state index in [0.29, 0.717) is 30.0 Å². The molecule has 2 aromatic rings. The Morgan fingerprint density at radius 2 is 1.65 bits per heavy atom. The van der Waals surface area contributed by atoms with Crippen LogP contribution in [0, 0.1) is 17.2 Å². The van der Waals surface area contributed by atoms with Gasteiger partial charge in [0.1, 0.15) is 32.7 Å². The van der Waals surface area contributed by atoms with E-state index < -0.39 is 0 Å². The minimum atomic E-state index is 0.300. The third-order valence-electron chi connectivity index (χ3n) is 6.91. The third kappa shape index (κ3) is 5.94. The molecule has 2 aromatic carbocycles. The van der Waals surface area contributed by atoms with Crippen LogP contribution in [0.2, 0.25) is 0 Å². The fraction of sp³-hybridized carbons (Fsp3) is 0.462. The standard InChI is InChI=1S/C26H32N4O/c1-21(25-11-12-25)30(19-23-5-3-2-4-6-23)26(31)20-29-15-13-28(14-16-29)18-24-9-7-22(17-27)8-10-24/h2-10,21,25H,11-16,18-20H2,1H3/p+2/t21-/m1/s1. The third-order valence-corrected chi connectivity index (χ3v) is 6.91. The largest absolute Gasteiger partial charge is 0.331 e. The van der Waals surface area contributed by atoms with Crippen molar-refractivity contribution in [2.24, 2.45) is 5.92 Å². The van der Waals surface area contributed by atoms with Crippen molar-refractivity contribution >= 4 is 5.91 Å². The molecule has 0 bridgehead atoms. The zero-order valence-electron chi connectivity index (χ0n) is 18.5. The van der Waals surface area contributed by atoms with Gasteiger partial charge in [-0.2, -0.15) is 5.26 Å². The Kier molecular flexibility index (Phi) is 7.01. The van der Waals surface area contributed by atoms with Crippen molar-refractivity contribution in [3.05, 3.63) is 71.3 Å². The predicted octanol–water partition coefficient (Wildman–Crippen LogP) is 0.669. The number of nitrogens with one attached hydrogen (secondary N) is 2. The second-order valence-corrected chi connectivity index (χ2v) is 9.25. The van der Waals surface area contributed by atoms with Gasteiger partial charge in [0, 0.05) is 18.2 Å². The molecule has 5 nitrogen and oxygen atoms in total. The number of benzene rings is 2. The van der Waals surface area contributed by atoms with Crippen LogP contribution in [0.1, 0.15) is 36.5 Å². The number of piperazine rings is 1. The van der Waals surface area contributed by atoms with Gasteiger partial charge in [0.05, 0.1) is 11.6 Å². The Labute approximate surface area is 185 Å². The molecule has 31 heavy (non-hydrogen) atoms. The van der Waals surface area contributed by atoms with E-state index in [1.807, 2.05) is 18.2 Å². The summed E-state index contributed by atoms with van der Waals surface area (Å²) >= 11 is 0. The van der Waals surface area contributed by atoms with Gasteiger partial charge in [-0.1, -0.05) is 42.5 Å². The quantitative estimate of drug-likeness (QED) is 0.662. The highest BCUT2D eigenvalue weighted by atomic mass is 16.2. The molecule has 5 heteroatoms. The van der Waals surface area contributed by atoms with Crippen LogP contribution in [-0.4, -0.2) is 49.6 Å². The Balaban J connectivity index is 1.29. The summed E-state index contributed by atoms with van der Waals surface area (Å²) in [6, 6.07) is 20.8. The lowest BCUT2D eigenvalue weighted by Crippen LogP contribution is -3.28. The van der Waals surface area contributed by atoms with Crippen LogP contribution >= 0.6 is 0 Å². The molecular formula is C26H34N4O+2. The van der Waals surface area contributed by atoms with Crippen LogP contribution in [0.15, 0.2) is 54.6 Å². The smallest absolute Gasteiger partial charge is 0.278 e. The predicted molar refractivity (Wildman–Crippen MR) is 120 cm³/mol. The van der Waals surface area contributed by atoms with Gasteiger partial charge < -0.3 is 14.7 Å². The molecule has 2 fully saturated rings. The summed E-state index contributed by atoms with van der Waals surface area (Å²) in [5.74, 6) is 0.977. The van der Waals surface area contributed by atoms with E-state index >= 15 is 0 Å². The van der Waals surface area contributed by atoms with E-state index in [1.165, 1.54) is 28.9 Å². The van der Waals surface area contributed by atoms with Gasteiger partial charge in [-0.05, 0) is 43.4 Å². The van der Waals surface area contributed by atoms with Crippen molar-refractivity contribution < 1.29 is 14.6 Å². The molecule has 0 spiro atoms. The fourth-order valence-electron chi connectivity index (χ4n) is 4.68. The first kappa shape index (κ1) is 21.5. The van der Waals surface area contributed by atoms with Crippen molar-refractivity contribution in [1.29, 1.82) is 5.26 Å². The normalized spacial score (nSPS) is 21.8. The fourth-order valence-corrected chi connectivity index (χ4v) is 4.68. The van der Waals surface area contributed by atoms with Crippen molar-refractivity contribution in [2.45, 2.75) is 38.9 Å². The second kappa shape index (κ2) is 10.1. The molecule has 2 aliphatic rings. The molecule has 1 saturated carbocycles. The number of amides is 1. The maximum Gasteiger partial charge on any atom is 0.278 e. The SMILES string of the molecule is C[C@H](C1CC1)N(Cc1ccccc1)C(=O)C[NH+]1CC[NH+](Cc2ccc(C#N)cc2)CC1. The lowest BCUT2D eigenvalue weighted by Gasteiger charge is -2.33. The van der Waals surface area contributed by atoms with Gasteiger partial charge in [-0.25, -0.2) is 0 Å². The molecule has 162 valence electrons. The monoisotopic (exact) mass is 418 g/mol. The van der Waals surface area contributed by atoms with E-state index in [-0.39, 0.29) is 0 Å². The van der Waals surface area contributed by atoms with Crippen LogP contribution in [0.4, 0.5) is 0 Å². The molecule has 2 N–H and O–H groups in total. The highest BCUT2D eigenvalue weighted by Crippen LogP contribution is 2.35. The van der Waals surface area contributed by atoms with E-state index in [2.05, 4.69) is 54.3 Å². The molecule has 1 aliphatic carbocycles. The van der Waals surface area contributed by atoms with Crippen molar-refractivity contribution in [2.75, 3.05) is 32.7 Å². The molecular weight excluding hydrogens is 384 g/mol. The van der Waals surface area contributed by atoms with Gasteiger partial charge >= 0.3 is 0 Å². The van der Waals surface area contributed by atoms with Gasteiger partial charge in [-0.3, -0.25) is 4.79 Å². The number of quaternary nitrogens is 2. The van der Waals surface area contributed by atoms with E-state index in [9.17, 15) is 4.79 Å². The number of hydrogen-bond acceptors (Lipinski definition) is 2. The average Bonchev–Trinajstić information content (AvgIpc) is 3.65. The number of rotatable bonds is 8. The molecule has 0 aromatic heterocycles. The number of nitrogens with zero attached hydrogens (tertiary/aromatic N) is 2. The van der Waals surface area contributed by atoms with Crippen molar-refractivity contribution in [3.63, 3.8) is 0 Å². The highest BCUT2D eigenvalue weighted by molar-refractivity contribution is 5.77. The first-order chi connectivity index (χ1) is 15.1. The van der Waals surface area contributed by atoms with Crippen LogP contribution < -0.4 is 9.80 Å². The van der Waals surface area contributed by atoms with E-state index in [1.54, 1.807) is 4.90 Å². The first-order valence-electron chi connectivity index (χ1n) is 11.6. The minimum Gasteiger partial charge on any atom is -0.331 e. The Morgan fingerprint density at radius 1 is 1.00 bits per heavy atom. The van der Waals surface area contributed by atoms with Crippen LogP contribution in [0.25, 0.3) is 0 Å². The summed E-state index contributed by atoms with van der Waals surface area (Å²) in [7, 11) is 0. The van der Waals surface area contributed by atoms with E-state index in [0.717, 1.165) is 39.3 Å². The van der Waals surface area contributed by atoms with Crippen LogP contribution in [0.5, 0.6) is 0 Å². The summed E-state index contributed by atoms with van der Waals surface area (Å²) in [5, 5.41) is 8.95. The van der Waals surface area contributed by atoms with E-state index in [4.69, 9.17) is 5.26 Å². The Morgan fingerprint density at radius 3 is 2.26 bits per heavy atom. The number of carbonyl (C=O) groups excluding carboxylic acids is 1.